The van der Waals surface area contributed by atoms with Crippen LogP contribution in [0.3, 0.4) is 0 Å². The summed E-state index contributed by atoms with van der Waals surface area (Å²) < 4.78 is 41.8. The molecule has 9 heteroatoms. The Morgan fingerprint density at radius 3 is 2.31 bits per heavy atom. The van der Waals surface area contributed by atoms with Crippen molar-refractivity contribution in [2.75, 3.05) is 0 Å². The summed E-state index contributed by atoms with van der Waals surface area (Å²) in [6.07, 6.45) is -2.62. The Hall–Kier alpha value is -2.78. The number of alkyl halides is 3. The molecule has 2 heterocycles. The molecule has 2 N–H and O–H groups in total. The van der Waals surface area contributed by atoms with Gasteiger partial charge in [-0.2, -0.15) is 18.3 Å². The first-order chi connectivity index (χ1) is 12.3. The summed E-state index contributed by atoms with van der Waals surface area (Å²) in [6, 6.07) is 9.75. The van der Waals surface area contributed by atoms with Crippen molar-refractivity contribution in [1.29, 1.82) is 0 Å². The summed E-state index contributed by atoms with van der Waals surface area (Å²) in [4.78, 5) is 0. The van der Waals surface area contributed by atoms with Gasteiger partial charge in [0.1, 0.15) is 0 Å². The predicted molar refractivity (Wildman–Crippen MR) is 92.4 cm³/mol. The zero-order valence-corrected chi connectivity index (χ0v) is 13.6. The molecule has 0 radical (unpaired) electrons. The minimum Gasteiger partial charge on any atom is -0.423 e. The van der Waals surface area contributed by atoms with E-state index in [1.807, 2.05) is 0 Å². The van der Waals surface area contributed by atoms with Crippen LogP contribution in [0.4, 0.5) is 13.2 Å². The van der Waals surface area contributed by atoms with E-state index in [0.29, 0.717) is 22.3 Å². The third-order valence-corrected chi connectivity index (χ3v) is 4.32. The summed E-state index contributed by atoms with van der Waals surface area (Å²) in [5.41, 5.74) is 1.43. The summed E-state index contributed by atoms with van der Waals surface area (Å²) in [5.74, 6) is 0. The van der Waals surface area contributed by atoms with E-state index in [0.717, 1.165) is 22.9 Å². The molecule has 0 bridgehead atoms. The first-order valence-electron chi connectivity index (χ1n) is 7.77. The molecule has 2 aromatic heterocycles. The van der Waals surface area contributed by atoms with Gasteiger partial charge in [-0.1, -0.05) is 12.1 Å². The zero-order chi connectivity index (χ0) is 18.6. The van der Waals surface area contributed by atoms with E-state index >= 15 is 0 Å². The fourth-order valence-corrected chi connectivity index (χ4v) is 3.13. The Morgan fingerprint density at radius 2 is 1.69 bits per heavy atom. The highest BCUT2D eigenvalue weighted by atomic mass is 19.4. The largest absolute Gasteiger partial charge is 0.488 e. The van der Waals surface area contributed by atoms with Crippen LogP contribution in [-0.4, -0.2) is 31.5 Å². The quantitative estimate of drug-likeness (QED) is 0.540. The van der Waals surface area contributed by atoms with Gasteiger partial charge in [0, 0.05) is 29.7 Å². The number of halogens is 3. The van der Waals surface area contributed by atoms with Gasteiger partial charge in [-0.25, -0.2) is 0 Å². The van der Waals surface area contributed by atoms with Gasteiger partial charge in [-0.05, 0) is 35.8 Å². The minimum absolute atomic E-state index is 0.327. The van der Waals surface area contributed by atoms with Crippen LogP contribution in [0, 0.1) is 0 Å². The number of fused-ring (bicyclic) bond motifs is 3. The van der Waals surface area contributed by atoms with E-state index in [9.17, 15) is 23.2 Å². The monoisotopic (exact) mass is 359 g/mol. The number of aromatic nitrogens is 3. The Bertz CT molecular complexity index is 1110. The Balaban J connectivity index is 1.98. The molecule has 4 rings (SSSR count). The number of nitrogens with zero attached hydrogens (tertiary/aromatic N) is 3. The van der Waals surface area contributed by atoms with E-state index in [1.165, 1.54) is 12.1 Å². The van der Waals surface area contributed by atoms with Crippen molar-refractivity contribution >= 4 is 34.5 Å². The van der Waals surface area contributed by atoms with Crippen molar-refractivity contribution in [2.24, 2.45) is 7.05 Å². The second kappa shape index (κ2) is 5.62. The van der Waals surface area contributed by atoms with Crippen LogP contribution in [0.25, 0.3) is 27.6 Å². The van der Waals surface area contributed by atoms with Gasteiger partial charge in [0.2, 0.25) is 0 Å². The lowest BCUT2D eigenvalue weighted by molar-refractivity contribution is -0.137. The topological polar surface area (TPSA) is 63.2 Å². The number of hydrogen-bond donors (Lipinski definition) is 2. The van der Waals surface area contributed by atoms with Crippen molar-refractivity contribution in [2.45, 2.75) is 6.18 Å². The first kappa shape index (κ1) is 16.7. The Morgan fingerprint density at radius 1 is 1.00 bits per heavy atom. The van der Waals surface area contributed by atoms with Crippen molar-refractivity contribution in [3.63, 3.8) is 0 Å². The van der Waals surface area contributed by atoms with Crippen molar-refractivity contribution in [3.8, 4) is 5.69 Å². The van der Waals surface area contributed by atoms with Crippen LogP contribution in [0.15, 0.2) is 48.7 Å². The van der Waals surface area contributed by atoms with Crippen molar-refractivity contribution in [3.05, 3.63) is 54.2 Å². The fourth-order valence-electron chi connectivity index (χ4n) is 3.13. The van der Waals surface area contributed by atoms with Gasteiger partial charge >= 0.3 is 13.3 Å². The van der Waals surface area contributed by atoms with Crippen LogP contribution in [0.5, 0.6) is 0 Å². The first-order valence-corrected chi connectivity index (χ1v) is 7.77. The third kappa shape index (κ3) is 2.56. The molecule has 0 spiro atoms. The molecule has 0 aliphatic rings. The number of benzene rings is 2. The van der Waals surface area contributed by atoms with Gasteiger partial charge in [0.25, 0.3) is 0 Å². The molecular weight excluding hydrogens is 346 g/mol. The van der Waals surface area contributed by atoms with Gasteiger partial charge < -0.3 is 10.0 Å². The minimum atomic E-state index is -4.40. The lowest BCUT2D eigenvalue weighted by Crippen LogP contribution is -2.29. The lowest BCUT2D eigenvalue weighted by Gasteiger charge is -2.10. The van der Waals surface area contributed by atoms with E-state index in [-0.39, 0.29) is 0 Å². The number of rotatable bonds is 2. The van der Waals surface area contributed by atoms with E-state index in [1.54, 1.807) is 40.7 Å². The molecule has 2 aromatic carbocycles. The molecule has 0 aliphatic carbocycles. The summed E-state index contributed by atoms with van der Waals surface area (Å²) >= 11 is 0. The molecule has 0 fully saturated rings. The van der Waals surface area contributed by atoms with Crippen LogP contribution in [0.1, 0.15) is 5.56 Å². The lowest BCUT2D eigenvalue weighted by atomic mass is 9.80. The Kier molecular flexibility index (Phi) is 3.60. The van der Waals surface area contributed by atoms with Gasteiger partial charge in [0.15, 0.2) is 5.65 Å². The predicted octanol–water partition coefficient (Wildman–Crippen LogP) is 2.22. The van der Waals surface area contributed by atoms with Gasteiger partial charge in [-0.3, -0.25) is 9.25 Å². The zero-order valence-electron chi connectivity index (χ0n) is 13.6. The molecule has 132 valence electrons. The van der Waals surface area contributed by atoms with Crippen LogP contribution < -0.4 is 5.46 Å². The van der Waals surface area contributed by atoms with Crippen LogP contribution in [-0.2, 0) is 13.2 Å². The maximum atomic E-state index is 12.8. The van der Waals surface area contributed by atoms with Crippen molar-refractivity contribution in [1.82, 2.24) is 14.3 Å². The normalized spacial score (nSPS) is 12.2. The molecule has 0 saturated carbocycles. The Labute approximate surface area is 146 Å². The maximum absolute atomic E-state index is 12.8. The van der Waals surface area contributed by atoms with Gasteiger partial charge in [0.05, 0.1) is 11.1 Å². The maximum Gasteiger partial charge on any atom is 0.488 e. The summed E-state index contributed by atoms with van der Waals surface area (Å²) in [5, 5.41) is 24.7. The smallest absolute Gasteiger partial charge is 0.423 e. The third-order valence-electron chi connectivity index (χ3n) is 4.32. The highest BCUT2D eigenvalue weighted by Gasteiger charge is 2.30. The molecule has 0 atom stereocenters. The molecule has 0 unspecified atom stereocenters. The van der Waals surface area contributed by atoms with Crippen molar-refractivity contribution < 1.29 is 23.2 Å². The average molecular weight is 359 g/mol. The number of aryl methyl sites for hydroxylation is 1. The molecule has 0 amide bonds. The second-order valence-corrected chi connectivity index (χ2v) is 6.07. The molecule has 0 saturated heterocycles. The van der Waals surface area contributed by atoms with Gasteiger partial charge in [-0.15, -0.1) is 0 Å². The second-order valence-electron chi connectivity index (χ2n) is 6.07. The molecule has 26 heavy (non-hydrogen) atoms. The molecular formula is C17H13BF3N3O2. The summed E-state index contributed by atoms with van der Waals surface area (Å²) in [7, 11) is 0.133. The standard InChI is InChI=1S/C17H13BF3N3O2/c1-23-9-14-13-8-11(18(25)26)4-7-15(13)24(16(14)22-23)12-5-2-10(3-6-12)17(19,20)21/h2-9,25-26H,1H3. The molecule has 5 nitrogen and oxygen atoms in total. The fraction of sp³-hybridized carbons (Fsp3) is 0.118. The highest BCUT2D eigenvalue weighted by Crippen LogP contribution is 2.33. The van der Waals surface area contributed by atoms with Crippen LogP contribution >= 0.6 is 0 Å². The SMILES string of the molecule is Cn1cc2c3cc(B(O)O)ccc3n(-c3ccc(C(F)(F)F)cc3)c2n1. The van der Waals surface area contributed by atoms with E-state index in [2.05, 4.69) is 5.10 Å². The number of hydrogen-bond acceptors (Lipinski definition) is 3. The van der Waals surface area contributed by atoms with Crippen LogP contribution in [0.2, 0.25) is 0 Å². The molecule has 4 aromatic rings. The average Bonchev–Trinajstić information content (AvgIpc) is 3.08. The highest BCUT2D eigenvalue weighted by molar-refractivity contribution is 6.59. The van der Waals surface area contributed by atoms with E-state index in [4.69, 9.17) is 0 Å². The molecule has 0 aliphatic heterocycles. The van der Waals surface area contributed by atoms with E-state index < -0.39 is 18.9 Å². The summed E-state index contributed by atoms with van der Waals surface area (Å²) in [6.45, 7) is 0.